The standard InChI is InChI=1S/C12H25N/c1-9(2)11(4)13-12-7-5-6-10(3)8-12/h9-13H,5-8H2,1-4H3/t10-,11-,12+/m0/s1. The Balaban J connectivity index is 2.27. The summed E-state index contributed by atoms with van der Waals surface area (Å²) in [7, 11) is 0. The third kappa shape index (κ3) is 3.68. The maximum atomic E-state index is 3.75. The molecule has 0 aromatic rings. The second kappa shape index (κ2) is 4.99. The summed E-state index contributed by atoms with van der Waals surface area (Å²) in [5.74, 6) is 1.70. The Morgan fingerprint density at radius 3 is 2.38 bits per heavy atom. The Labute approximate surface area is 83.3 Å². The van der Waals surface area contributed by atoms with Crippen molar-refractivity contribution < 1.29 is 0 Å². The minimum atomic E-state index is 0.676. The van der Waals surface area contributed by atoms with E-state index in [4.69, 9.17) is 0 Å². The molecule has 0 bridgehead atoms. The van der Waals surface area contributed by atoms with Gasteiger partial charge < -0.3 is 5.32 Å². The first kappa shape index (κ1) is 11.0. The summed E-state index contributed by atoms with van der Waals surface area (Å²) in [4.78, 5) is 0. The highest BCUT2D eigenvalue weighted by molar-refractivity contribution is 4.79. The molecule has 78 valence electrons. The summed E-state index contributed by atoms with van der Waals surface area (Å²) in [6.07, 6.45) is 5.64. The first-order chi connectivity index (χ1) is 6.09. The highest BCUT2D eigenvalue weighted by atomic mass is 14.9. The van der Waals surface area contributed by atoms with Crippen molar-refractivity contribution in [1.82, 2.24) is 5.32 Å². The predicted octanol–water partition coefficient (Wildman–Crippen LogP) is 3.20. The average Bonchev–Trinajstić information content (AvgIpc) is 2.04. The lowest BCUT2D eigenvalue weighted by atomic mass is 9.86. The van der Waals surface area contributed by atoms with Crippen molar-refractivity contribution in [3.63, 3.8) is 0 Å². The van der Waals surface area contributed by atoms with Crippen LogP contribution in [-0.4, -0.2) is 12.1 Å². The van der Waals surface area contributed by atoms with Gasteiger partial charge in [-0.15, -0.1) is 0 Å². The highest BCUT2D eigenvalue weighted by Crippen LogP contribution is 2.24. The fraction of sp³-hybridized carbons (Fsp3) is 1.00. The molecule has 1 rings (SSSR count). The van der Waals surface area contributed by atoms with Crippen LogP contribution in [0.2, 0.25) is 0 Å². The van der Waals surface area contributed by atoms with E-state index in [9.17, 15) is 0 Å². The molecule has 0 heterocycles. The predicted molar refractivity (Wildman–Crippen MR) is 58.9 cm³/mol. The quantitative estimate of drug-likeness (QED) is 0.708. The average molecular weight is 183 g/mol. The van der Waals surface area contributed by atoms with Crippen LogP contribution in [0.5, 0.6) is 0 Å². The zero-order valence-electron chi connectivity index (χ0n) is 9.64. The molecule has 0 amide bonds. The molecule has 0 saturated heterocycles. The van der Waals surface area contributed by atoms with Gasteiger partial charge in [-0.1, -0.05) is 33.6 Å². The molecule has 0 aromatic carbocycles. The molecule has 1 aliphatic rings. The third-order valence-electron chi connectivity index (χ3n) is 3.43. The maximum absolute atomic E-state index is 3.75. The molecule has 1 aliphatic carbocycles. The van der Waals surface area contributed by atoms with Crippen molar-refractivity contribution in [2.45, 2.75) is 65.5 Å². The van der Waals surface area contributed by atoms with Crippen molar-refractivity contribution in [1.29, 1.82) is 0 Å². The largest absolute Gasteiger partial charge is 0.311 e. The van der Waals surface area contributed by atoms with Gasteiger partial charge in [-0.25, -0.2) is 0 Å². The molecule has 13 heavy (non-hydrogen) atoms. The van der Waals surface area contributed by atoms with Crippen molar-refractivity contribution >= 4 is 0 Å². The van der Waals surface area contributed by atoms with Gasteiger partial charge in [0.25, 0.3) is 0 Å². The second-order valence-electron chi connectivity index (χ2n) is 5.17. The summed E-state index contributed by atoms with van der Waals surface area (Å²) in [5.41, 5.74) is 0. The van der Waals surface area contributed by atoms with Crippen molar-refractivity contribution in [2.24, 2.45) is 11.8 Å². The zero-order chi connectivity index (χ0) is 9.84. The number of hydrogen-bond acceptors (Lipinski definition) is 1. The lowest BCUT2D eigenvalue weighted by molar-refractivity contribution is 0.265. The molecule has 1 nitrogen and oxygen atoms in total. The van der Waals surface area contributed by atoms with Crippen molar-refractivity contribution in [3.8, 4) is 0 Å². The Kier molecular flexibility index (Phi) is 4.24. The van der Waals surface area contributed by atoms with Crippen LogP contribution in [0.15, 0.2) is 0 Å². The molecule has 0 aliphatic heterocycles. The Morgan fingerprint density at radius 1 is 1.15 bits per heavy atom. The normalized spacial score (nSPS) is 32.1. The second-order valence-corrected chi connectivity index (χ2v) is 5.17. The van der Waals surface area contributed by atoms with Crippen LogP contribution in [0.1, 0.15) is 53.4 Å². The van der Waals surface area contributed by atoms with Gasteiger partial charge in [-0.3, -0.25) is 0 Å². The fourth-order valence-electron chi connectivity index (χ4n) is 2.15. The zero-order valence-corrected chi connectivity index (χ0v) is 9.64. The first-order valence-electron chi connectivity index (χ1n) is 5.85. The molecule has 0 radical (unpaired) electrons. The van der Waals surface area contributed by atoms with E-state index in [1.165, 1.54) is 25.7 Å². The van der Waals surface area contributed by atoms with Gasteiger partial charge in [-0.2, -0.15) is 0 Å². The highest BCUT2D eigenvalue weighted by Gasteiger charge is 2.20. The fourth-order valence-corrected chi connectivity index (χ4v) is 2.15. The van der Waals surface area contributed by atoms with Crippen LogP contribution in [0.4, 0.5) is 0 Å². The molecular weight excluding hydrogens is 158 g/mol. The van der Waals surface area contributed by atoms with Gasteiger partial charge in [0.2, 0.25) is 0 Å². The lowest BCUT2D eigenvalue weighted by Gasteiger charge is -2.31. The number of nitrogens with one attached hydrogen (secondary N) is 1. The van der Waals surface area contributed by atoms with Gasteiger partial charge in [0.1, 0.15) is 0 Å². The van der Waals surface area contributed by atoms with E-state index in [1.54, 1.807) is 0 Å². The summed E-state index contributed by atoms with van der Waals surface area (Å²) < 4.78 is 0. The molecule has 0 unspecified atom stereocenters. The van der Waals surface area contributed by atoms with E-state index in [2.05, 4.69) is 33.0 Å². The maximum Gasteiger partial charge on any atom is 0.00721 e. The summed E-state index contributed by atoms with van der Waals surface area (Å²) in [6, 6.07) is 1.47. The van der Waals surface area contributed by atoms with Crippen molar-refractivity contribution in [3.05, 3.63) is 0 Å². The molecule has 0 spiro atoms. The van der Waals surface area contributed by atoms with E-state index in [-0.39, 0.29) is 0 Å². The van der Waals surface area contributed by atoms with E-state index in [0.717, 1.165) is 17.9 Å². The molecule has 1 fully saturated rings. The van der Waals surface area contributed by atoms with Crippen LogP contribution in [-0.2, 0) is 0 Å². The molecule has 1 saturated carbocycles. The topological polar surface area (TPSA) is 12.0 Å². The van der Waals surface area contributed by atoms with Gasteiger partial charge in [-0.05, 0) is 31.6 Å². The van der Waals surface area contributed by atoms with Gasteiger partial charge in [0, 0.05) is 12.1 Å². The minimum Gasteiger partial charge on any atom is -0.311 e. The van der Waals surface area contributed by atoms with Crippen LogP contribution < -0.4 is 5.32 Å². The first-order valence-corrected chi connectivity index (χ1v) is 5.85. The summed E-state index contributed by atoms with van der Waals surface area (Å²) in [5, 5.41) is 3.75. The molecule has 1 N–H and O–H groups in total. The molecule has 0 aromatic heterocycles. The lowest BCUT2D eigenvalue weighted by Crippen LogP contribution is -2.41. The summed E-state index contributed by atoms with van der Waals surface area (Å²) >= 11 is 0. The van der Waals surface area contributed by atoms with Crippen molar-refractivity contribution in [2.75, 3.05) is 0 Å². The Bertz CT molecular complexity index is 142. The van der Waals surface area contributed by atoms with E-state index < -0.39 is 0 Å². The van der Waals surface area contributed by atoms with E-state index in [1.807, 2.05) is 0 Å². The van der Waals surface area contributed by atoms with Crippen LogP contribution in [0, 0.1) is 11.8 Å². The van der Waals surface area contributed by atoms with E-state index in [0.29, 0.717) is 6.04 Å². The number of rotatable bonds is 3. The SMILES string of the molecule is CC(C)[C@H](C)N[C@@H]1CCC[C@H](C)C1. The van der Waals surface area contributed by atoms with Gasteiger partial charge in [0.05, 0.1) is 0 Å². The smallest absolute Gasteiger partial charge is 0.00721 e. The molecule has 1 heteroatoms. The van der Waals surface area contributed by atoms with Gasteiger partial charge in [0.15, 0.2) is 0 Å². The molecular formula is C12H25N. The van der Waals surface area contributed by atoms with Gasteiger partial charge >= 0.3 is 0 Å². The minimum absolute atomic E-state index is 0.676. The number of hydrogen-bond donors (Lipinski definition) is 1. The monoisotopic (exact) mass is 183 g/mol. The van der Waals surface area contributed by atoms with Crippen LogP contribution in [0.3, 0.4) is 0 Å². The molecule has 3 atom stereocenters. The third-order valence-corrected chi connectivity index (χ3v) is 3.43. The Morgan fingerprint density at radius 2 is 1.85 bits per heavy atom. The Hall–Kier alpha value is -0.0400. The van der Waals surface area contributed by atoms with Crippen LogP contribution in [0.25, 0.3) is 0 Å². The van der Waals surface area contributed by atoms with Crippen LogP contribution >= 0.6 is 0 Å². The van der Waals surface area contributed by atoms with E-state index >= 15 is 0 Å². The summed E-state index contributed by atoms with van der Waals surface area (Å²) in [6.45, 7) is 9.28.